The van der Waals surface area contributed by atoms with Gasteiger partial charge < -0.3 is 15.7 Å². The summed E-state index contributed by atoms with van der Waals surface area (Å²) in [7, 11) is 0. The fourth-order valence-corrected chi connectivity index (χ4v) is 3.03. The van der Waals surface area contributed by atoms with Crippen LogP contribution in [0.15, 0.2) is 24.3 Å². The molecule has 3 heteroatoms. The molecule has 3 nitrogen and oxygen atoms in total. The Morgan fingerprint density at radius 3 is 3.05 bits per heavy atom. The van der Waals surface area contributed by atoms with Crippen molar-refractivity contribution in [1.82, 2.24) is 4.90 Å². The Balaban J connectivity index is 1.70. The van der Waals surface area contributed by atoms with Gasteiger partial charge in [-0.3, -0.25) is 0 Å². The van der Waals surface area contributed by atoms with E-state index in [0.717, 1.165) is 31.6 Å². The van der Waals surface area contributed by atoms with E-state index in [0.29, 0.717) is 12.5 Å². The van der Waals surface area contributed by atoms with Crippen molar-refractivity contribution < 1.29 is 5.11 Å². The number of benzene rings is 1. The largest absolute Gasteiger partial charge is 0.399 e. The van der Waals surface area contributed by atoms with Crippen LogP contribution in [0.5, 0.6) is 0 Å². The lowest BCUT2D eigenvalue weighted by molar-refractivity contribution is 0.147. The van der Waals surface area contributed by atoms with Crippen molar-refractivity contribution in [2.45, 2.75) is 32.1 Å². The Labute approximate surface area is 116 Å². The van der Waals surface area contributed by atoms with E-state index in [-0.39, 0.29) is 0 Å². The number of likely N-dealkylation sites (tertiary alicyclic amines) is 1. The summed E-state index contributed by atoms with van der Waals surface area (Å²) in [6.07, 6.45) is 5.82. The maximum absolute atomic E-state index is 9.03. The number of rotatable bonds is 6. The molecular formula is C16H26N2O. The minimum absolute atomic E-state index is 0.335. The van der Waals surface area contributed by atoms with Crippen molar-refractivity contribution >= 4 is 5.69 Å². The van der Waals surface area contributed by atoms with Crippen LogP contribution in [0.3, 0.4) is 0 Å². The molecule has 1 unspecified atom stereocenters. The number of aryl methyl sites for hydroxylation is 1. The van der Waals surface area contributed by atoms with Gasteiger partial charge in [-0.25, -0.2) is 0 Å². The number of piperidine rings is 1. The van der Waals surface area contributed by atoms with E-state index in [1.165, 1.54) is 31.4 Å². The van der Waals surface area contributed by atoms with Crippen LogP contribution in [0.1, 0.15) is 31.2 Å². The van der Waals surface area contributed by atoms with E-state index < -0.39 is 0 Å². The van der Waals surface area contributed by atoms with Crippen LogP contribution in [0.4, 0.5) is 5.69 Å². The van der Waals surface area contributed by atoms with Crippen molar-refractivity contribution in [2.75, 3.05) is 32.0 Å². The SMILES string of the molecule is Nc1cccc(CCCN2CCCC(CCO)C2)c1. The highest BCUT2D eigenvalue weighted by Gasteiger charge is 2.18. The second-order valence-corrected chi connectivity index (χ2v) is 5.67. The molecule has 1 aromatic rings. The number of nitrogen functional groups attached to an aromatic ring is 1. The molecule has 1 atom stereocenters. The number of hydrogen-bond donors (Lipinski definition) is 2. The number of aliphatic hydroxyl groups is 1. The standard InChI is InChI=1S/C16H26N2O/c17-16-7-1-4-14(12-16)5-2-9-18-10-3-6-15(13-18)8-11-19/h1,4,7,12,15,19H,2-3,5-6,8-11,13,17H2. The summed E-state index contributed by atoms with van der Waals surface area (Å²) >= 11 is 0. The molecule has 1 aromatic carbocycles. The molecule has 1 saturated heterocycles. The molecule has 19 heavy (non-hydrogen) atoms. The Bertz CT molecular complexity index is 379. The zero-order valence-corrected chi connectivity index (χ0v) is 11.7. The van der Waals surface area contributed by atoms with E-state index in [2.05, 4.69) is 17.0 Å². The number of hydrogen-bond acceptors (Lipinski definition) is 3. The van der Waals surface area contributed by atoms with Crippen LogP contribution in [0.25, 0.3) is 0 Å². The highest BCUT2D eigenvalue weighted by Crippen LogP contribution is 2.19. The monoisotopic (exact) mass is 262 g/mol. The average Bonchev–Trinajstić information content (AvgIpc) is 2.40. The lowest BCUT2D eigenvalue weighted by Gasteiger charge is -2.32. The summed E-state index contributed by atoms with van der Waals surface area (Å²) in [4.78, 5) is 2.55. The molecule has 106 valence electrons. The molecule has 0 saturated carbocycles. The Morgan fingerprint density at radius 2 is 2.26 bits per heavy atom. The Kier molecular flexibility index (Phi) is 5.67. The predicted octanol–water partition coefficient (Wildman–Crippen LogP) is 2.30. The molecule has 0 spiro atoms. The molecule has 0 aromatic heterocycles. The lowest BCUT2D eigenvalue weighted by atomic mass is 9.95. The zero-order valence-electron chi connectivity index (χ0n) is 11.7. The van der Waals surface area contributed by atoms with Gasteiger partial charge in [0.15, 0.2) is 0 Å². The van der Waals surface area contributed by atoms with Gasteiger partial charge in [0, 0.05) is 18.8 Å². The predicted molar refractivity (Wildman–Crippen MR) is 80.0 cm³/mol. The topological polar surface area (TPSA) is 49.5 Å². The second kappa shape index (κ2) is 7.51. The molecule has 2 rings (SSSR count). The van der Waals surface area contributed by atoms with Gasteiger partial charge in [-0.05, 0) is 68.8 Å². The van der Waals surface area contributed by atoms with Gasteiger partial charge in [0.25, 0.3) is 0 Å². The maximum atomic E-state index is 9.03. The van der Waals surface area contributed by atoms with Crippen LogP contribution in [-0.2, 0) is 6.42 Å². The minimum atomic E-state index is 0.335. The van der Waals surface area contributed by atoms with Crippen molar-refractivity contribution in [3.63, 3.8) is 0 Å². The quantitative estimate of drug-likeness (QED) is 0.773. The van der Waals surface area contributed by atoms with Crippen LogP contribution >= 0.6 is 0 Å². The van der Waals surface area contributed by atoms with Gasteiger partial charge in [0.2, 0.25) is 0 Å². The minimum Gasteiger partial charge on any atom is -0.399 e. The summed E-state index contributed by atoms with van der Waals surface area (Å²) in [5.41, 5.74) is 7.99. The molecule has 0 amide bonds. The Hall–Kier alpha value is -1.06. The number of nitrogens with two attached hydrogens (primary N) is 1. The third kappa shape index (κ3) is 4.84. The molecular weight excluding hydrogens is 236 g/mol. The summed E-state index contributed by atoms with van der Waals surface area (Å²) < 4.78 is 0. The number of anilines is 1. The third-order valence-electron chi connectivity index (χ3n) is 4.03. The molecule has 0 radical (unpaired) electrons. The second-order valence-electron chi connectivity index (χ2n) is 5.67. The smallest absolute Gasteiger partial charge is 0.0434 e. The molecule has 0 aliphatic carbocycles. The fraction of sp³-hybridized carbons (Fsp3) is 0.625. The zero-order chi connectivity index (χ0) is 13.5. The molecule has 0 bridgehead atoms. The normalized spacial score (nSPS) is 20.6. The number of nitrogens with zero attached hydrogens (tertiary/aromatic N) is 1. The average molecular weight is 262 g/mol. The van der Waals surface area contributed by atoms with Crippen molar-refractivity contribution in [3.8, 4) is 0 Å². The Morgan fingerprint density at radius 1 is 1.37 bits per heavy atom. The summed E-state index contributed by atoms with van der Waals surface area (Å²) in [6.45, 7) is 3.88. The molecule has 1 aliphatic rings. The summed E-state index contributed by atoms with van der Waals surface area (Å²) in [5, 5.41) is 9.03. The highest BCUT2D eigenvalue weighted by molar-refractivity contribution is 5.40. The third-order valence-corrected chi connectivity index (χ3v) is 4.03. The van der Waals surface area contributed by atoms with Gasteiger partial charge in [-0.2, -0.15) is 0 Å². The van der Waals surface area contributed by atoms with Gasteiger partial charge >= 0.3 is 0 Å². The van der Waals surface area contributed by atoms with E-state index in [1.54, 1.807) is 0 Å². The first-order valence-corrected chi connectivity index (χ1v) is 7.45. The maximum Gasteiger partial charge on any atom is 0.0434 e. The first-order chi connectivity index (χ1) is 9.28. The molecule has 1 aliphatic heterocycles. The molecule has 3 N–H and O–H groups in total. The van der Waals surface area contributed by atoms with E-state index in [9.17, 15) is 0 Å². The van der Waals surface area contributed by atoms with Gasteiger partial charge in [-0.1, -0.05) is 12.1 Å². The summed E-state index contributed by atoms with van der Waals surface area (Å²) in [5.74, 6) is 0.700. The molecule has 1 fully saturated rings. The van der Waals surface area contributed by atoms with E-state index in [4.69, 9.17) is 10.8 Å². The van der Waals surface area contributed by atoms with Crippen molar-refractivity contribution in [3.05, 3.63) is 29.8 Å². The van der Waals surface area contributed by atoms with Crippen LogP contribution in [0.2, 0.25) is 0 Å². The van der Waals surface area contributed by atoms with Crippen LogP contribution < -0.4 is 5.73 Å². The van der Waals surface area contributed by atoms with E-state index >= 15 is 0 Å². The van der Waals surface area contributed by atoms with Crippen LogP contribution in [0, 0.1) is 5.92 Å². The fourth-order valence-electron chi connectivity index (χ4n) is 3.03. The van der Waals surface area contributed by atoms with E-state index in [1.807, 2.05) is 12.1 Å². The van der Waals surface area contributed by atoms with Gasteiger partial charge in [-0.15, -0.1) is 0 Å². The van der Waals surface area contributed by atoms with Crippen molar-refractivity contribution in [1.29, 1.82) is 0 Å². The highest BCUT2D eigenvalue weighted by atomic mass is 16.3. The first-order valence-electron chi connectivity index (χ1n) is 7.45. The number of aliphatic hydroxyl groups excluding tert-OH is 1. The first kappa shape index (κ1) is 14.4. The van der Waals surface area contributed by atoms with Crippen molar-refractivity contribution in [2.24, 2.45) is 5.92 Å². The molecule has 1 heterocycles. The van der Waals surface area contributed by atoms with Gasteiger partial charge in [0.1, 0.15) is 0 Å². The summed E-state index contributed by atoms with van der Waals surface area (Å²) in [6, 6.07) is 8.20. The van der Waals surface area contributed by atoms with Crippen LogP contribution in [-0.4, -0.2) is 36.2 Å². The lowest BCUT2D eigenvalue weighted by Crippen LogP contribution is -2.36. The van der Waals surface area contributed by atoms with Gasteiger partial charge in [0.05, 0.1) is 0 Å².